The van der Waals surface area contributed by atoms with Crippen molar-refractivity contribution >= 4 is 23.5 Å². The Bertz CT molecular complexity index is 363. The highest BCUT2D eigenvalue weighted by atomic mass is 32.2. The highest BCUT2D eigenvalue weighted by Gasteiger charge is 2.04. The topological polar surface area (TPSA) is 0 Å². The Morgan fingerprint density at radius 2 is 1.73 bits per heavy atom. The smallest absolute Gasteiger partial charge is 0.0479 e. The van der Waals surface area contributed by atoms with Gasteiger partial charge in [-0.05, 0) is 37.8 Å². The van der Waals surface area contributed by atoms with Gasteiger partial charge in [0.2, 0.25) is 0 Å². The van der Waals surface area contributed by atoms with Gasteiger partial charge in [-0.15, -0.1) is 11.8 Å². The summed E-state index contributed by atoms with van der Waals surface area (Å²) in [5.74, 6) is 0. The largest absolute Gasteiger partial charge is 0.122 e. The molecule has 0 radical (unpaired) electrons. The summed E-state index contributed by atoms with van der Waals surface area (Å²) in [5.41, 5.74) is 2.43. The standard InChI is InChI=1S/C13H16S2/c1-10(2)11(3)13(14-4)15-12-8-6-5-7-9-12/h5-9H,1H2,2-4H3/b13-11-. The summed E-state index contributed by atoms with van der Waals surface area (Å²) in [7, 11) is 0. The van der Waals surface area contributed by atoms with E-state index in [0.29, 0.717) is 0 Å². The van der Waals surface area contributed by atoms with E-state index in [-0.39, 0.29) is 0 Å². The SMILES string of the molecule is C=C(C)/C(C)=C(/SC)Sc1ccccc1. The van der Waals surface area contributed by atoms with Gasteiger partial charge in [-0.3, -0.25) is 0 Å². The molecule has 0 fully saturated rings. The molecule has 0 aromatic heterocycles. The lowest BCUT2D eigenvalue weighted by Gasteiger charge is -2.09. The van der Waals surface area contributed by atoms with Gasteiger partial charge in [0.05, 0.1) is 0 Å². The minimum absolute atomic E-state index is 1.14. The first-order valence-electron chi connectivity index (χ1n) is 4.78. The molecule has 0 saturated heterocycles. The van der Waals surface area contributed by atoms with Gasteiger partial charge in [0.1, 0.15) is 0 Å². The molecule has 0 atom stereocenters. The van der Waals surface area contributed by atoms with Gasteiger partial charge >= 0.3 is 0 Å². The van der Waals surface area contributed by atoms with Crippen molar-refractivity contribution in [1.29, 1.82) is 0 Å². The molecule has 80 valence electrons. The molecular formula is C13H16S2. The van der Waals surface area contributed by atoms with Crippen LogP contribution in [0.4, 0.5) is 0 Å². The van der Waals surface area contributed by atoms with Crippen LogP contribution < -0.4 is 0 Å². The van der Waals surface area contributed by atoms with E-state index in [4.69, 9.17) is 0 Å². The second-order valence-corrected chi connectivity index (χ2v) is 5.47. The molecule has 1 aromatic rings. The number of rotatable bonds is 4. The van der Waals surface area contributed by atoms with Gasteiger partial charge in [-0.1, -0.05) is 42.1 Å². The van der Waals surface area contributed by atoms with Crippen LogP contribution in [-0.2, 0) is 0 Å². The fourth-order valence-electron chi connectivity index (χ4n) is 1.04. The van der Waals surface area contributed by atoms with Crippen LogP contribution in [0.25, 0.3) is 0 Å². The molecule has 2 heteroatoms. The molecule has 0 bridgehead atoms. The highest BCUT2D eigenvalue weighted by molar-refractivity contribution is 8.22. The lowest BCUT2D eigenvalue weighted by Crippen LogP contribution is -1.82. The van der Waals surface area contributed by atoms with Crippen molar-refractivity contribution in [2.45, 2.75) is 18.7 Å². The number of benzene rings is 1. The number of thioether (sulfide) groups is 2. The molecule has 0 aliphatic heterocycles. The van der Waals surface area contributed by atoms with Crippen molar-refractivity contribution < 1.29 is 0 Å². The fourth-order valence-corrected chi connectivity index (χ4v) is 2.98. The molecule has 0 aliphatic rings. The van der Waals surface area contributed by atoms with Crippen molar-refractivity contribution in [3.05, 3.63) is 52.3 Å². The van der Waals surface area contributed by atoms with Gasteiger partial charge in [0.25, 0.3) is 0 Å². The van der Waals surface area contributed by atoms with E-state index in [1.807, 2.05) is 6.07 Å². The second-order valence-electron chi connectivity index (χ2n) is 3.31. The molecule has 0 N–H and O–H groups in total. The maximum absolute atomic E-state index is 3.98. The van der Waals surface area contributed by atoms with E-state index in [1.165, 1.54) is 14.7 Å². The second kappa shape index (κ2) is 6.09. The van der Waals surface area contributed by atoms with E-state index in [9.17, 15) is 0 Å². The molecule has 0 amide bonds. The first-order valence-corrected chi connectivity index (χ1v) is 6.83. The molecule has 1 aromatic carbocycles. The third kappa shape index (κ3) is 3.80. The summed E-state index contributed by atoms with van der Waals surface area (Å²) in [4.78, 5) is 1.28. The summed E-state index contributed by atoms with van der Waals surface area (Å²) in [6, 6.07) is 10.4. The van der Waals surface area contributed by atoms with E-state index < -0.39 is 0 Å². The van der Waals surface area contributed by atoms with Crippen molar-refractivity contribution in [1.82, 2.24) is 0 Å². The predicted octanol–water partition coefficient (Wildman–Crippen LogP) is 4.95. The van der Waals surface area contributed by atoms with Gasteiger partial charge in [0, 0.05) is 9.13 Å². The van der Waals surface area contributed by atoms with Crippen molar-refractivity contribution in [2.75, 3.05) is 6.26 Å². The molecule has 0 spiro atoms. The van der Waals surface area contributed by atoms with Gasteiger partial charge in [-0.25, -0.2) is 0 Å². The van der Waals surface area contributed by atoms with E-state index in [2.05, 4.69) is 50.9 Å². The number of allylic oxidation sites excluding steroid dienone is 2. The maximum atomic E-state index is 3.98. The summed E-state index contributed by atoms with van der Waals surface area (Å²) < 4.78 is 1.33. The van der Waals surface area contributed by atoms with Crippen LogP contribution in [0.2, 0.25) is 0 Å². The third-order valence-corrected chi connectivity index (χ3v) is 4.51. The van der Waals surface area contributed by atoms with Crippen LogP contribution in [0.5, 0.6) is 0 Å². The van der Waals surface area contributed by atoms with Crippen LogP contribution in [0.3, 0.4) is 0 Å². The minimum atomic E-state index is 1.14. The Morgan fingerprint density at radius 3 is 2.20 bits per heavy atom. The molecule has 0 aliphatic carbocycles. The average molecular weight is 236 g/mol. The summed E-state index contributed by atoms with van der Waals surface area (Å²) in [6.45, 7) is 8.16. The van der Waals surface area contributed by atoms with Crippen LogP contribution in [-0.4, -0.2) is 6.26 Å². The molecule has 15 heavy (non-hydrogen) atoms. The van der Waals surface area contributed by atoms with E-state index in [0.717, 1.165) is 5.57 Å². The van der Waals surface area contributed by atoms with Crippen LogP contribution in [0.1, 0.15) is 13.8 Å². The highest BCUT2D eigenvalue weighted by Crippen LogP contribution is 2.37. The quantitative estimate of drug-likeness (QED) is 0.536. The fraction of sp³-hybridized carbons (Fsp3) is 0.231. The third-order valence-electron chi connectivity index (χ3n) is 2.09. The Balaban J connectivity index is 2.88. The normalized spacial score (nSPS) is 12.2. The molecule has 0 nitrogen and oxygen atoms in total. The van der Waals surface area contributed by atoms with Crippen LogP contribution in [0, 0.1) is 0 Å². The van der Waals surface area contributed by atoms with Crippen molar-refractivity contribution in [3.63, 3.8) is 0 Å². The van der Waals surface area contributed by atoms with Gasteiger partial charge < -0.3 is 0 Å². The maximum Gasteiger partial charge on any atom is 0.0479 e. The number of hydrogen-bond acceptors (Lipinski definition) is 2. The Morgan fingerprint density at radius 1 is 1.13 bits per heavy atom. The molecular weight excluding hydrogens is 220 g/mol. The Kier molecular flexibility index (Phi) is 5.06. The lowest BCUT2D eigenvalue weighted by molar-refractivity contribution is 1.37. The molecule has 0 unspecified atom stereocenters. The summed E-state index contributed by atoms with van der Waals surface area (Å²) in [5, 5.41) is 0. The predicted molar refractivity (Wildman–Crippen MR) is 73.3 cm³/mol. The molecule has 0 saturated carbocycles. The van der Waals surface area contributed by atoms with Crippen LogP contribution >= 0.6 is 23.5 Å². The summed E-state index contributed by atoms with van der Waals surface area (Å²) in [6.07, 6.45) is 2.11. The Hall–Kier alpha value is -0.600. The lowest BCUT2D eigenvalue weighted by atomic mass is 10.2. The first-order chi connectivity index (χ1) is 7.15. The van der Waals surface area contributed by atoms with Crippen molar-refractivity contribution in [3.8, 4) is 0 Å². The molecule has 1 rings (SSSR count). The zero-order valence-corrected chi connectivity index (χ0v) is 11.0. The van der Waals surface area contributed by atoms with Crippen LogP contribution in [0.15, 0.2) is 57.2 Å². The van der Waals surface area contributed by atoms with E-state index >= 15 is 0 Å². The number of hydrogen-bond donors (Lipinski definition) is 0. The average Bonchev–Trinajstić information content (AvgIpc) is 2.26. The zero-order chi connectivity index (χ0) is 11.3. The van der Waals surface area contributed by atoms with Crippen molar-refractivity contribution in [2.24, 2.45) is 0 Å². The molecule has 0 heterocycles. The summed E-state index contributed by atoms with van der Waals surface area (Å²) >= 11 is 3.59. The zero-order valence-electron chi connectivity index (χ0n) is 9.41. The van der Waals surface area contributed by atoms with Gasteiger partial charge in [-0.2, -0.15) is 0 Å². The van der Waals surface area contributed by atoms with E-state index in [1.54, 1.807) is 23.5 Å². The minimum Gasteiger partial charge on any atom is -0.122 e. The Labute approximate surface area is 101 Å². The first kappa shape index (κ1) is 12.5. The monoisotopic (exact) mass is 236 g/mol. The van der Waals surface area contributed by atoms with Gasteiger partial charge in [0.15, 0.2) is 0 Å².